The molecule has 5 aromatic rings. The number of halogens is 3. The van der Waals surface area contributed by atoms with Gasteiger partial charge in [0.1, 0.15) is 17.5 Å². The van der Waals surface area contributed by atoms with Crippen molar-refractivity contribution in [3.8, 4) is 22.5 Å². The fraction of sp³-hybridized carbons (Fsp3) is 0.138. The van der Waals surface area contributed by atoms with E-state index in [0.717, 1.165) is 0 Å². The Bertz CT molecular complexity index is 1650. The van der Waals surface area contributed by atoms with Crippen molar-refractivity contribution in [1.29, 1.82) is 0 Å². The van der Waals surface area contributed by atoms with Crippen molar-refractivity contribution < 1.29 is 18.0 Å². The van der Waals surface area contributed by atoms with Crippen molar-refractivity contribution in [2.75, 3.05) is 27.2 Å². The summed E-state index contributed by atoms with van der Waals surface area (Å²) < 4.78 is 42.4. The highest BCUT2D eigenvalue weighted by Crippen LogP contribution is 2.34. The van der Waals surface area contributed by atoms with Crippen LogP contribution in [0.3, 0.4) is 0 Å². The Hall–Kier alpha value is -4.30. The minimum atomic E-state index is -0.491. The third-order valence-corrected chi connectivity index (χ3v) is 6.03. The number of pyridine rings is 2. The third-order valence-electron chi connectivity index (χ3n) is 6.03. The Morgan fingerprint density at radius 1 is 0.784 bits per heavy atom. The second kappa shape index (κ2) is 9.99. The maximum Gasteiger partial charge on any atom is 0.252 e. The molecule has 0 saturated heterocycles. The van der Waals surface area contributed by atoms with Gasteiger partial charge >= 0.3 is 0 Å². The average molecular weight is 501 g/mol. The van der Waals surface area contributed by atoms with Crippen molar-refractivity contribution in [3.63, 3.8) is 0 Å². The van der Waals surface area contributed by atoms with E-state index in [-0.39, 0.29) is 11.5 Å². The lowest BCUT2D eigenvalue weighted by atomic mass is 9.98. The van der Waals surface area contributed by atoms with Crippen LogP contribution in [0.1, 0.15) is 10.4 Å². The van der Waals surface area contributed by atoms with Crippen LogP contribution < -0.4 is 5.32 Å². The molecule has 0 aliphatic heterocycles. The standard InChI is InChI=1S/C29H23F3N4O/c1-36(2)11-10-33-29(37)24-16-28(35-26-9-7-20(32)14-22(24)26)23-15-27(17-4-3-5-18(30)12-17)34-25-8-6-19(31)13-21(23)25/h3-9,12-16H,10-11H2,1-2H3,(H,33,37). The van der Waals surface area contributed by atoms with Gasteiger partial charge < -0.3 is 10.2 Å². The molecule has 0 spiro atoms. The molecule has 0 aliphatic rings. The maximum atomic E-state index is 14.3. The van der Waals surface area contributed by atoms with E-state index >= 15 is 0 Å². The van der Waals surface area contributed by atoms with Gasteiger partial charge in [0.05, 0.1) is 28.0 Å². The molecule has 0 fully saturated rings. The molecule has 5 nitrogen and oxygen atoms in total. The summed E-state index contributed by atoms with van der Waals surface area (Å²) in [7, 11) is 3.79. The first-order chi connectivity index (χ1) is 17.8. The number of carbonyl (C=O) groups is 1. The molecule has 2 heterocycles. The van der Waals surface area contributed by atoms with Crippen LogP contribution in [-0.2, 0) is 0 Å². The van der Waals surface area contributed by atoms with E-state index in [1.165, 1.54) is 42.5 Å². The Morgan fingerprint density at radius 3 is 2.14 bits per heavy atom. The number of hydrogen-bond donors (Lipinski definition) is 1. The summed E-state index contributed by atoms with van der Waals surface area (Å²) in [6.07, 6.45) is 0. The molecule has 37 heavy (non-hydrogen) atoms. The third kappa shape index (κ3) is 5.15. The van der Waals surface area contributed by atoms with Crippen molar-refractivity contribution in [1.82, 2.24) is 20.2 Å². The highest BCUT2D eigenvalue weighted by Gasteiger charge is 2.18. The SMILES string of the molecule is CN(C)CCNC(=O)c1cc(-c2cc(-c3cccc(F)c3)nc3ccc(F)cc23)nc2ccc(F)cc12. The van der Waals surface area contributed by atoms with Gasteiger partial charge in [0.15, 0.2) is 0 Å². The molecule has 8 heteroatoms. The topological polar surface area (TPSA) is 58.1 Å². The zero-order chi connectivity index (χ0) is 26.1. The summed E-state index contributed by atoms with van der Waals surface area (Å²) in [6.45, 7) is 1.02. The molecular weight excluding hydrogens is 477 g/mol. The van der Waals surface area contributed by atoms with E-state index < -0.39 is 17.5 Å². The first kappa shape index (κ1) is 24.4. The zero-order valence-corrected chi connectivity index (χ0v) is 20.2. The molecule has 1 N–H and O–H groups in total. The quantitative estimate of drug-likeness (QED) is 0.319. The van der Waals surface area contributed by atoms with Crippen LogP contribution in [0, 0.1) is 17.5 Å². The predicted molar refractivity (Wildman–Crippen MR) is 139 cm³/mol. The molecule has 0 aliphatic carbocycles. The summed E-state index contributed by atoms with van der Waals surface area (Å²) >= 11 is 0. The number of amides is 1. The van der Waals surface area contributed by atoms with E-state index in [1.54, 1.807) is 30.3 Å². The van der Waals surface area contributed by atoms with Crippen LogP contribution in [0.2, 0.25) is 0 Å². The highest BCUT2D eigenvalue weighted by atomic mass is 19.1. The van der Waals surface area contributed by atoms with E-state index in [1.807, 2.05) is 19.0 Å². The normalized spacial score (nSPS) is 11.4. The van der Waals surface area contributed by atoms with Gasteiger partial charge in [0, 0.05) is 35.0 Å². The Balaban J connectivity index is 1.73. The zero-order valence-electron chi connectivity index (χ0n) is 20.2. The molecular formula is C29H23F3N4O. The summed E-state index contributed by atoms with van der Waals surface area (Å²) in [4.78, 5) is 24.4. The molecule has 0 radical (unpaired) electrons. The van der Waals surface area contributed by atoms with E-state index in [9.17, 15) is 18.0 Å². The molecule has 3 aromatic carbocycles. The van der Waals surface area contributed by atoms with Gasteiger partial charge in [0.25, 0.3) is 5.91 Å². The molecule has 0 atom stereocenters. The second-order valence-corrected chi connectivity index (χ2v) is 9.00. The van der Waals surface area contributed by atoms with E-state index in [4.69, 9.17) is 4.98 Å². The monoisotopic (exact) mass is 500 g/mol. The van der Waals surface area contributed by atoms with Gasteiger partial charge in [-0.3, -0.25) is 4.79 Å². The maximum absolute atomic E-state index is 14.3. The number of likely N-dealkylation sites (N-methyl/N-ethyl adjacent to an activating group) is 1. The van der Waals surface area contributed by atoms with Crippen LogP contribution in [-0.4, -0.2) is 48.0 Å². The molecule has 186 valence electrons. The summed E-state index contributed by atoms with van der Waals surface area (Å²) in [5.41, 5.74) is 3.03. The van der Waals surface area contributed by atoms with E-state index in [2.05, 4.69) is 10.3 Å². The summed E-state index contributed by atoms with van der Waals surface area (Å²) in [5, 5.41) is 3.71. The van der Waals surface area contributed by atoms with Gasteiger partial charge in [-0.25, -0.2) is 23.1 Å². The fourth-order valence-electron chi connectivity index (χ4n) is 4.22. The van der Waals surface area contributed by atoms with Crippen molar-refractivity contribution >= 4 is 27.7 Å². The number of aromatic nitrogens is 2. The smallest absolute Gasteiger partial charge is 0.252 e. The predicted octanol–water partition coefficient (Wildman–Crippen LogP) is 5.83. The van der Waals surface area contributed by atoms with Gasteiger partial charge in [0.2, 0.25) is 0 Å². The number of nitrogens with one attached hydrogen (secondary N) is 1. The average Bonchev–Trinajstić information content (AvgIpc) is 2.87. The minimum Gasteiger partial charge on any atom is -0.351 e. The van der Waals surface area contributed by atoms with Crippen LogP contribution in [0.4, 0.5) is 13.2 Å². The Labute approximate surface area is 211 Å². The van der Waals surface area contributed by atoms with Crippen LogP contribution in [0.15, 0.2) is 72.8 Å². The number of carbonyl (C=O) groups excluding carboxylic acids is 1. The number of hydrogen-bond acceptors (Lipinski definition) is 4. The molecule has 0 bridgehead atoms. The first-order valence-electron chi connectivity index (χ1n) is 11.7. The minimum absolute atomic E-state index is 0.243. The van der Waals surface area contributed by atoms with Crippen LogP contribution in [0.5, 0.6) is 0 Å². The van der Waals surface area contributed by atoms with Gasteiger partial charge in [-0.05, 0) is 74.8 Å². The number of fused-ring (bicyclic) bond motifs is 2. The van der Waals surface area contributed by atoms with Crippen molar-refractivity contribution in [2.45, 2.75) is 0 Å². The van der Waals surface area contributed by atoms with Crippen molar-refractivity contribution in [3.05, 3.63) is 95.8 Å². The largest absolute Gasteiger partial charge is 0.351 e. The van der Waals surface area contributed by atoms with E-state index in [0.29, 0.717) is 57.4 Å². The second-order valence-electron chi connectivity index (χ2n) is 9.00. The number of rotatable bonds is 6. The van der Waals surface area contributed by atoms with Crippen molar-refractivity contribution in [2.24, 2.45) is 0 Å². The van der Waals surface area contributed by atoms with Crippen LogP contribution >= 0.6 is 0 Å². The molecule has 0 unspecified atom stereocenters. The fourth-order valence-corrected chi connectivity index (χ4v) is 4.22. The number of benzene rings is 3. The lowest BCUT2D eigenvalue weighted by Crippen LogP contribution is -2.31. The molecule has 0 saturated carbocycles. The lowest BCUT2D eigenvalue weighted by molar-refractivity contribution is 0.0952. The van der Waals surface area contributed by atoms with Crippen LogP contribution in [0.25, 0.3) is 44.3 Å². The first-order valence-corrected chi connectivity index (χ1v) is 11.7. The van der Waals surface area contributed by atoms with Gasteiger partial charge in [-0.1, -0.05) is 12.1 Å². The summed E-state index contributed by atoms with van der Waals surface area (Å²) in [5.74, 6) is -1.74. The molecule has 5 rings (SSSR count). The van der Waals surface area contributed by atoms with Gasteiger partial charge in [-0.15, -0.1) is 0 Å². The Kier molecular flexibility index (Phi) is 6.58. The molecule has 2 aromatic heterocycles. The lowest BCUT2D eigenvalue weighted by Gasteiger charge is -2.14. The highest BCUT2D eigenvalue weighted by molar-refractivity contribution is 6.08. The number of nitrogens with zero attached hydrogens (tertiary/aromatic N) is 3. The Morgan fingerprint density at radius 2 is 1.43 bits per heavy atom. The molecule has 1 amide bonds. The summed E-state index contributed by atoms with van der Waals surface area (Å²) in [6, 6.07) is 17.5. The van der Waals surface area contributed by atoms with Gasteiger partial charge in [-0.2, -0.15) is 0 Å².